The number of hydrogen-bond acceptors (Lipinski definition) is 4. The standard InChI is InChI=1S/C21H26BrN3O3/c1-15-11-17(22)7-10-19(15)23-20(26)13-24(2)14-21(27)25(3)12-16-5-8-18(28-4)9-6-16/h5-11H,12-14H2,1-4H3,(H,23,26). The van der Waals surface area contributed by atoms with E-state index >= 15 is 0 Å². The molecule has 0 aliphatic heterocycles. The molecule has 0 saturated heterocycles. The fourth-order valence-corrected chi connectivity index (χ4v) is 3.18. The van der Waals surface area contributed by atoms with E-state index < -0.39 is 0 Å². The number of likely N-dealkylation sites (N-methyl/N-ethyl adjacent to an activating group) is 2. The monoisotopic (exact) mass is 447 g/mol. The lowest BCUT2D eigenvalue weighted by Gasteiger charge is -2.22. The maximum absolute atomic E-state index is 12.4. The van der Waals surface area contributed by atoms with Crippen molar-refractivity contribution in [3.8, 4) is 5.75 Å². The fraction of sp³-hybridized carbons (Fsp3) is 0.333. The number of carbonyl (C=O) groups is 2. The van der Waals surface area contributed by atoms with Gasteiger partial charge in [0, 0.05) is 23.8 Å². The summed E-state index contributed by atoms with van der Waals surface area (Å²) in [5.74, 6) is 0.578. The number of nitrogens with zero attached hydrogens (tertiary/aromatic N) is 2. The summed E-state index contributed by atoms with van der Waals surface area (Å²) in [6.07, 6.45) is 0. The molecular weight excluding hydrogens is 422 g/mol. The fourth-order valence-electron chi connectivity index (χ4n) is 2.70. The average molecular weight is 448 g/mol. The summed E-state index contributed by atoms with van der Waals surface area (Å²) in [6.45, 7) is 2.74. The van der Waals surface area contributed by atoms with Gasteiger partial charge in [0.05, 0.1) is 20.2 Å². The molecule has 0 atom stereocenters. The number of nitrogens with one attached hydrogen (secondary N) is 1. The van der Waals surface area contributed by atoms with E-state index in [0.29, 0.717) is 6.54 Å². The van der Waals surface area contributed by atoms with Crippen LogP contribution in [0.15, 0.2) is 46.9 Å². The Bertz CT molecular complexity index is 824. The van der Waals surface area contributed by atoms with Crippen LogP contribution in [0, 0.1) is 6.92 Å². The third-order valence-electron chi connectivity index (χ3n) is 4.29. The SMILES string of the molecule is COc1ccc(CN(C)C(=O)CN(C)CC(=O)Nc2ccc(Br)cc2C)cc1. The molecule has 0 unspecified atom stereocenters. The second-order valence-electron chi connectivity index (χ2n) is 6.78. The summed E-state index contributed by atoms with van der Waals surface area (Å²) >= 11 is 3.40. The lowest BCUT2D eigenvalue weighted by atomic mass is 10.2. The van der Waals surface area contributed by atoms with Gasteiger partial charge in [-0.25, -0.2) is 0 Å². The Hall–Kier alpha value is -2.38. The highest BCUT2D eigenvalue weighted by Gasteiger charge is 2.15. The molecule has 0 spiro atoms. The van der Waals surface area contributed by atoms with Crippen molar-refractivity contribution >= 4 is 33.4 Å². The van der Waals surface area contributed by atoms with E-state index in [1.807, 2.05) is 49.4 Å². The largest absolute Gasteiger partial charge is 0.497 e. The molecule has 0 aliphatic carbocycles. The number of methoxy groups -OCH3 is 1. The van der Waals surface area contributed by atoms with Crippen molar-refractivity contribution in [2.75, 3.05) is 39.6 Å². The van der Waals surface area contributed by atoms with E-state index in [-0.39, 0.29) is 24.9 Å². The molecule has 150 valence electrons. The number of benzene rings is 2. The minimum Gasteiger partial charge on any atom is -0.497 e. The molecule has 0 heterocycles. The zero-order valence-corrected chi connectivity index (χ0v) is 18.2. The van der Waals surface area contributed by atoms with Crippen LogP contribution in [-0.4, -0.2) is 55.9 Å². The Morgan fingerprint density at radius 1 is 1.07 bits per heavy atom. The number of ether oxygens (including phenoxy) is 1. The van der Waals surface area contributed by atoms with Gasteiger partial charge in [-0.1, -0.05) is 28.1 Å². The van der Waals surface area contributed by atoms with E-state index in [2.05, 4.69) is 21.2 Å². The summed E-state index contributed by atoms with van der Waals surface area (Å²) in [5, 5.41) is 2.88. The number of amides is 2. The van der Waals surface area contributed by atoms with Crippen LogP contribution in [0.25, 0.3) is 0 Å². The minimum atomic E-state index is -0.154. The van der Waals surface area contributed by atoms with Crippen molar-refractivity contribution in [3.05, 3.63) is 58.1 Å². The Labute approximate surface area is 174 Å². The Balaban J connectivity index is 1.82. The molecule has 2 rings (SSSR count). The number of rotatable bonds is 8. The molecule has 0 radical (unpaired) electrons. The smallest absolute Gasteiger partial charge is 0.238 e. The van der Waals surface area contributed by atoms with Crippen molar-refractivity contribution in [2.45, 2.75) is 13.5 Å². The van der Waals surface area contributed by atoms with Crippen LogP contribution < -0.4 is 10.1 Å². The third kappa shape index (κ3) is 6.65. The minimum absolute atomic E-state index is 0.0501. The van der Waals surface area contributed by atoms with Crippen molar-refractivity contribution in [1.82, 2.24) is 9.80 Å². The summed E-state index contributed by atoms with van der Waals surface area (Å²) in [6, 6.07) is 13.3. The first-order chi connectivity index (χ1) is 13.3. The maximum Gasteiger partial charge on any atom is 0.238 e. The maximum atomic E-state index is 12.4. The number of halogens is 1. The molecule has 0 saturated carbocycles. The third-order valence-corrected chi connectivity index (χ3v) is 4.78. The van der Waals surface area contributed by atoms with Crippen LogP contribution in [0.1, 0.15) is 11.1 Å². The predicted octanol–water partition coefficient (Wildman–Crippen LogP) is 3.30. The lowest BCUT2D eigenvalue weighted by molar-refractivity contribution is -0.131. The lowest BCUT2D eigenvalue weighted by Crippen LogP contribution is -2.39. The van der Waals surface area contributed by atoms with Crippen LogP contribution in [0.4, 0.5) is 5.69 Å². The van der Waals surface area contributed by atoms with E-state index in [4.69, 9.17) is 4.74 Å². The summed E-state index contributed by atoms with van der Waals surface area (Å²) in [5.41, 5.74) is 2.76. The Morgan fingerprint density at radius 3 is 2.36 bits per heavy atom. The van der Waals surface area contributed by atoms with Crippen LogP contribution in [0.5, 0.6) is 5.75 Å². The number of anilines is 1. The van der Waals surface area contributed by atoms with E-state index in [1.165, 1.54) is 0 Å². The van der Waals surface area contributed by atoms with Gasteiger partial charge in [0.2, 0.25) is 11.8 Å². The molecule has 7 heteroatoms. The van der Waals surface area contributed by atoms with Gasteiger partial charge in [0.1, 0.15) is 5.75 Å². The quantitative estimate of drug-likeness (QED) is 0.674. The highest BCUT2D eigenvalue weighted by molar-refractivity contribution is 9.10. The van der Waals surface area contributed by atoms with Crippen molar-refractivity contribution in [3.63, 3.8) is 0 Å². The highest BCUT2D eigenvalue weighted by Crippen LogP contribution is 2.20. The van der Waals surface area contributed by atoms with E-state index in [9.17, 15) is 9.59 Å². The molecule has 0 fully saturated rings. The number of hydrogen-bond donors (Lipinski definition) is 1. The Kier molecular flexibility index (Phi) is 8.02. The molecule has 0 bridgehead atoms. The molecule has 0 aliphatic rings. The second-order valence-corrected chi connectivity index (χ2v) is 7.69. The van der Waals surface area contributed by atoms with Gasteiger partial charge < -0.3 is 15.0 Å². The first kappa shape index (κ1) is 21.9. The zero-order valence-electron chi connectivity index (χ0n) is 16.7. The first-order valence-electron chi connectivity index (χ1n) is 8.90. The summed E-state index contributed by atoms with van der Waals surface area (Å²) < 4.78 is 6.10. The molecule has 6 nitrogen and oxygen atoms in total. The average Bonchev–Trinajstić information content (AvgIpc) is 2.64. The van der Waals surface area contributed by atoms with Crippen molar-refractivity contribution in [2.24, 2.45) is 0 Å². The molecule has 2 amide bonds. The zero-order chi connectivity index (χ0) is 20.7. The van der Waals surface area contributed by atoms with E-state index in [0.717, 1.165) is 27.0 Å². The first-order valence-corrected chi connectivity index (χ1v) is 9.69. The molecule has 28 heavy (non-hydrogen) atoms. The van der Waals surface area contributed by atoms with Gasteiger partial charge in [-0.15, -0.1) is 0 Å². The van der Waals surface area contributed by atoms with Gasteiger partial charge in [-0.2, -0.15) is 0 Å². The van der Waals surface area contributed by atoms with Crippen LogP contribution in [-0.2, 0) is 16.1 Å². The highest BCUT2D eigenvalue weighted by atomic mass is 79.9. The van der Waals surface area contributed by atoms with Crippen LogP contribution in [0.2, 0.25) is 0 Å². The number of aryl methyl sites for hydroxylation is 1. The molecule has 1 N–H and O–H groups in total. The predicted molar refractivity (Wildman–Crippen MR) is 114 cm³/mol. The van der Waals surface area contributed by atoms with Gasteiger partial charge in [0.15, 0.2) is 0 Å². The summed E-state index contributed by atoms with van der Waals surface area (Å²) in [7, 11) is 5.13. The van der Waals surface area contributed by atoms with Gasteiger partial charge in [-0.3, -0.25) is 14.5 Å². The van der Waals surface area contributed by atoms with Crippen LogP contribution in [0.3, 0.4) is 0 Å². The molecular formula is C21H26BrN3O3. The number of carbonyl (C=O) groups excluding carboxylic acids is 2. The van der Waals surface area contributed by atoms with E-state index in [1.54, 1.807) is 31.0 Å². The second kappa shape index (κ2) is 10.2. The van der Waals surface area contributed by atoms with Crippen molar-refractivity contribution < 1.29 is 14.3 Å². The molecule has 2 aromatic rings. The molecule has 2 aromatic carbocycles. The van der Waals surface area contributed by atoms with Gasteiger partial charge in [0.25, 0.3) is 0 Å². The van der Waals surface area contributed by atoms with Gasteiger partial charge in [-0.05, 0) is 55.4 Å². The van der Waals surface area contributed by atoms with Crippen LogP contribution >= 0.6 is 15.9 Å². The normalized spacial score (nSPS) is 10.6. The molecule has 0 aromatic heterocycles. The van der Waals surface area contributed by atoms with Gasteiger partial charge >= 0.3 is 0 Å². The topological polar surface area (TPSA) is 61.9 Å². The van der Waals surface area contributed by atoms with Crippen molar-refractivity contribution in [1.29, 1.82) is 0 Å². The Morgan fingerprint density at radius 2 is 1.75 bits per heavy atom. The summed E-state index contributed by atoms with van der Waals surface area (Å²) in [4.78, 5) is 28.0.